The van der Waals surface area contributed by atoms with Gasteiger partial charge in [-0.1, -0.05) is 0 Å². The molecule has 4 rings (SSSR count). The summed E-state index contributed by atoms with van der Waals surface area (Å²) >= 11 is 0. The highest BCUT2D eigenvalue weighted by Crippen LogP contribution is 2.30. The van der Waals surface area contributed by atoms with E-state index in [9.17, 15) is 4.79 Å². The molecule has 0 aliphatic heterocycles. The van der Waals surface area contributed by atoms with Gasteiger partial charge in [-0.3, -0.25) is 4.79 Å². The number of nitrogens with zero attached hydrogens (tertiary/aromatic N) is 3. The van der Waals surface area contributed by atoms with Crippen LogP contribution in [0.15, 0.2) is 47.5 Å². The first-order chi connectivity index (χ1) is 14.5. The second kappa shape index (κ2) is 7.90. The van der Waals surface area contributed by atoms with Crippen molar-refractivity contribution in [3.05, 3.63) is 70.0 Å². The summed E-state index contributed by atoms with van der Waals surface area (Å²) in [6, 6.07) is 9.16. The molecular formula is C22H22N4O4. The van der Waals surface area contributed by atoms with Gasteiger partial charge in [0, 0.05) is 30.4 Å². The Morgan fingerprint density at radius 1 is 1.00 bits per heavy atom. The van der Waals surface area contributed by atoms with Crippen LogP contribution < -0.4 is 19.8 Å². The number of benzene rings is 1. The number of fused-ring (bicyclic) bond motifs is 1. The van der Waals surface area contributed by atoms with Crippen LogP contribution in [0.5, 0.6) is 17.4 Å². The highest BCUT2D eigenvalue weighted by molar-refractivity contribution is 5.81. The first kappa shape index (κ1) is 19.5. The normalized spacial score (nSPS) is 10.9. The molecule has 1 N–H and O–H groups in total. The Kier molecular flexibility index (Phi) is 5.14. The predicted molar refractivity (Wildman–Crippen MR) is 113 cm³/mol. The third-order valence-electron chi connectivity index (χ3n) is 4.84. The van der Waals surface area contributed by atoms with Gasteiger partial charge in [-0.25, -0.2) is 4.98 Å². The summed E-state index contributed by atoms with van der Waals surface area (Å²) in [4.78, 5) is 24.6. The van der Waals surface area contributed by atoms with Crippen molar-refractivity contribution in [2.45, 2.75) is 13.3 Å². The Balaban J connectivity index is 1.72. The van der Waals surface area contributed by atoms with Gasteiger partial charge in [-0.15, -0.1) is 0 Å². The molecule has 0 aliphatic rings. The molecule has 30 heavy (non-hydrogen) atoms. The molecule has 0 spiro atoms. The maximum Gasteiger partial charge on any atom is 0.258 e. The Morgan fingerprint density at radius 3 is 2.43 bits per heavy atom. The third-order valence-corrected chi connectivity index (χ3v) is 4.84. The van der Waals surface area contributed by atoms with Crippen molar-refractivity contribution in [3.63, 3.8) is 0 Å². The monoisotopic (exact) mass is 406 g/mol. The average molecular weight is 406 g/mol. The maximum atomic E-state index is 12.6. The summed E-state index contributed by atoms with van der Waals surface area (Å²) in [7, 11) is 4.64. The van der Waals surface area contributed by atoms with Crippen LogP contribution in [-0.4, -0.2) is 40.8 Å². The fourth-order valence-corrected chi connectivity index (χ4v) is 3.34. The van der Waals surface area contributed by atoms with Crippen molar-refractivity contribution in [1.82, 2.24) is 19.5 Å². The molecule has 0 saturated heterocycles. The number of nitrogens with one attached hydrogen (secondary N) is 1. The van der Waals surface area contributed by atoms with Crippen LogP contribution in [-0.2, 0) is 6.42 Å². The second-order valence-electron chi connectivity index (χ2n) is 6.85. The van der Waals surface area contributed by atoms with Crippen LogP contribution in [0, 0.1) is 6.92 Å². The molecule has 1 aromatic carbocycles. The van der Waals surface area contributed by atoms with E-state index in [1.165, 1.54) is 7.11 Å². The number of aromatic nitrogens is 4. The molecule has 3 aromatic heterocycles. The van der Waals surface area contributed by atoms with Gasteiger partial charge in [0.15, 0.2) is 11.5 Å². The van der Waals surface area contributed by atoms with Gasteiger partial charge in [0.1, 0.15) is 11.6 Å². The minimum atomic E-state index is -0.248. The van der Waals surface area contributed by atoms with Crippen molar-refractivity contribution in [2.24, 2.45) is 0 Å². The molecular weight excluding hydrogens is 384 g/mol. The van der Waals surface area contributed by atoms with Crippen LogP contribution in [0.4, 0.5) is 0 Å². The predicted octanol–water partition coefficient (Wildman–Crippen LogP) is 3.03. The number of H-pyrrole nitrogens is 1. The first-order valence-corrected chi connectivity index (χ1v) is 9.36. The molecule has 0 fully saturated rings. The lowest BCUT2D eigenvalue weighted by Gasteiger charge is -2.11. The topological polar surface area (TPSA) is 91.3 Å². The van der Waals surface area contributed by atoms with E-state index in [1.807, 2.05) is 42.1 Å². The van der Waals surface area contributed by atoms with Crippen LogP contribution in [0.1, 0.15) is 17.0 Å². The Bertz CT molecular complexity index is 1280. The standard InChI is InChI=1S/C22H22N4O4/c1-13-7-8-26(12-13)20-6-5-14(22(25-20)30-4)9-19-23-16-11-18(29-3)17(28-2)10-15(16)21(27)24-19/h5-8,10-12H,9H2,1-4H3,(H,23,24,27). The van der Waals surface area contributed by atoms with Crippen LogP contribution in [0.25, 0.3) is 16.7 Å². The Hall–Kier alpha value is -3.81. The molecule has 3 heterocycles. The lowest BCUT2D eigenvalue weighted by Crippen LogP contribution is -2.13. The molecule has 0 bridgehead atoms. The van der Waals surface area contributed by atoms with Crippen molar-refractivity contribution < 1.29 is 14.2 Å². The maximum absolute atomic E-state index is 12.6. The van der Waals surface area contributed by atoms with Gasteiger partial charge in [0.05, 0.1) is 32.2 Å². The third kappa shape index (κ3) is 3.59. The quantitative estimate of drug-likeness (QED) is 0.529. The number of aryl methyl sites for hydroxylation is 1. The van der Waals surface area contributed by atoms with Gasteiger partial charge in [-0.05, 0) is 36.8 Å². The lowest BCUT2D eigenvalue weighted by molar-refractivity contribution is 0.355. The van der Waals surface area contributed by atoms with E-state index in [0.717, 1.165) is 16.9 Å². The molecule has 0 saturated carbocycles. The van der Waals surface area contributed by atoms with Crippen LogP contribution >= 0.6 is 0 Å². The summed E-state index contributed by atoms with van der Waals surface area (Å²) < 4.78 is 18.0. The summed E-state index contributed by atoms with van der Waals surface area (Å²) in [5.74, 6) is 2.73. The number of hydrogen-bond acceptors (Lipinski definition) is 6. The fraction of sp³-hybridized carbons (Fsp3) is 0.227. The summed E-state index contributed by atoms with van der Waals surface area (Å²) in [5, 5.41) is 0.430. The molecule has 0 radical (unpaired) electrons. The summed E-state index contributed by atoms with van der Waals surface area (Å²) in [5.41, 5.74) is 2.23. The minimum absolute atomic E-state index is 0.248. The number of methoxy groups -OCH3 is 3. The highest BCUT2D eigenvalue weighted by atomic mass is 16.5. The highest BCUT2D eigenvalue weighted by Gasteiger charge is 2.14. The van der Waals surface area contributed by atoms with Gasteiger partial charge >= 0.3 is 0 Å². The van der Waals surface area contributed by atoms with Crippen molar-refractivity contribution in [1.29, 1.82) is 0 Å². The van der Waals surface area contributed by atoms with Crippen molar-refractivity contribution in [2.75, 3.05) is 21.3 Å². The molecule has 0 atom stereocenters. The zero-order valence-corrected chi connectivity index (χ0v) is 17.2. The zero-order chi connectivity index (χ0) is 21.3. The van der Waals surface area contributed by atoms with E-state index in [0.29, 0.717) is 40.5 Å². The molecule has 8 heteroatoms. The van der Waals surface area contributed by atoms with Gasteiger partial charge in [0.25, 0.3) is 5.56 Å². The van der Waals surface area contributed by atoms with Gasteiger partial charge in [0.2, 0.25) is 5.88 Å². The number of aromatic amines is 1. The zero-order valence-electron chi connectivity index (χ0n) is 17.2. The van der Waals surface area contributed by atoms with Crippen LogP contribution in [0.3, 0.4) is 0 Å². The summed E-state index contributed by atoms with van der Waals surface area (Å²) in [6.45, 7) is 2.02. The number of hydrogen-bond donors (Lipinski definition) is 1. The van der Waals surface area contributed by atoms with E-state index in [2.05, 4.69) is 15.0 Å². The minimum Gasteiger partial charge on any atom is -0.493 e. The van der Waals surface area contributed by atoms with Crippen molar-refractivity contribution >= 4 is 10.9 Å². The van der Waals surface area contributed by atoms with E-state index in [-0.39, 0.29) is 5.56 Å². The summed E-state index contributed by atoms with van der Waals surface area (Å²) in [6.07, 6.45) is 4.30. The number of ether oxygens (including phenoxy) is 3. The Labute approximate surface area is 173 Å². The first-order valence-electron chi connectivity index (χ1n) is 9.36. The molecule has 0 unspecified atom stereocenters. The van der Waals surface area contributed by atoms with E-state index < -0.39 is 0 Å². The molecule has 0 aliphatic carbocycles. The fourth-order valence-electron chi connectivity index (χ4n) is 3.34. The van der Waals surface area contributed by atoms with E-state index in [1.54, 1.807) is 26.4 Å². The number of rotatable bonds is 6. The van der Waals surface area contributed by atoms with E-state index in [4.69, 9.17) is 14.2 Å². The average Bonchev–Trinajstić information content (AvgIpc) is 3.19. The van der Waals surface area contributed by atoms with Crippen molar-refractivity contribution in [3.8, 4) is 23.2 Å². The Morgan fingerprint density at radius 2 is 1.77 bits per heavy atom. The second-order valence-corrected chi connectivity index (χ2v) is 6.85. The SMILES string of the molecule is COc1cc2nc(Cc3ccc(-n4ccc(C)c4)nc3OC)[nH]c(=O)c2cc1OC. The van der Waals surface area contributed by atoms with Crippen LogP contribution in [0.2, 0.25) is 0 Å². The number of pyridine rings is 1. The molecule has 154 valence electrons. The van der Waals surface area contributed by atoms with Gasteiger partial charge < -0.3 is 23.8 Å². The molecule has 0 amide bonds. The molecule has 4 aromatic rings. The largest absolute Gasteiger partial charge is 0.493 e. The smallest absolute Gasteiger partial charge is 0.258 e. The van der Waals surface area contributed by atoms with Gasteiger partial charge in [-0.2, -0.15) is 4.98 Å². The molecule has 8 nitrogen and oxygen atoms in total. The lowest BCUT2D eigenvalue weighted by atomic mass is 10.1. The van der Waals surface area contributed by atoms with E-state index >= 15 is 0 Å².